The van der Waals surface area contributed by atoms with Crippen LogP contribution >= 0.6 is 0 Å². The SMILES string of the molecule is CCCN1CCC(NC(=NCc2c(CC)nn(C)c2CC)NCC)CC1. The summed E-state index contributed by atoms with van der Waals surface area (Å²) in [5.74, 6) is 0.939. The molecule has 2 rings (SSSR count). The summed E-state index contributed by atoms with van der Waals surface area (Å²) in [4.78, 5) is 7.46. The Morgan fingerprint density at radius 3 is 2.46 bits per heavy atom. The first kappa shape index (κ1) is 20.7. The standard InChI is InChI=1S/C20H38N6/c1-6-12-26-13-10-16(11-14-26)23-20(21-9-4)22-15-17-18(7-2)24-25(5)19(17)8-3/h16H,6-15H2,1-5H3,(H2,21,22,23). The predicted molar refractivity (Wildman–Crippen MR) is 110 cm³/mol. The van der Waals surface area contributed by atoms with E-state index in [1.807, 2.05) is 11.7 Å². The minimum Gasteiger partial charge on any atom is -0.357 e. The molecule has 0 bridgehead atoms. The first-order chi connectivity index (χ1) is 12.6. The molecule has 1 aromatic heterocycles. The van der Waals surface area contributed by atoms with Crippen LogP contribution in [0.3, 0.4) is 0 Å². The second-order valence-corrected chi connectivity index (χ2v) is 7.16. The zero-order valence-electron chi connectivity index (χ0n) is 17.4. The van der Waals surface area contributed by atoms with Crippen molar-refractivity contribution in [2.45, 2.75) is 72.4 Å². The third-order valence-corrected chi connectivity index (χ3v) is 5.24. The maximum atomic E-state index is 4.89. The van der Waals surface area contributed by atoms with Gasteiger partial charge in [-0.2, -0.15) is 5.10 Å². The third kappa shape index (κ3) is 5.47. The normalized spacial score (nSPS) is 16.9. The number of likely N-dealkylation sites (tertiary alicyclic amines) is 1. The zero-order valence-corrected chi connectivity index (χ0v) is 17.4. The molecule has 6 nitrogen and oxygen atoms in total. The number of rotatable bonds is 8. The quantitative estimate of drug-likeness (QED) is 0.551. The lowest BCUT2D eigenvalue weighted by Gasteiger charge is -2.32. The molecule has 2 heterocycles. The highest BCUT2D eigenvalue weighted by molar-refractivity contribution is 5.80. The van der Waals surface area contributed by atoms with Crippen LogP contribution in [0, 0.1) is 0 Å². The largest absolute Gasteiger partial charge is 0.357 e. The lowest BCUT2D eigenvalue weighted by Crippen LogP contribution is -2.48. The number of aryl methyl sites for hydroxylation is 2. The molecule has 0 amide bonds. The summed E-state index contributed by atoms with van der Waals surface area (Å²) in [5, 5.41) is 11.7. The number of hydrogen-bond donors (Lipinski definition) is 2. The summed E-state index contributed by atoms with van der Waals surface area (Å²) in [6.07, 6.45) is 5.58. The van der Waals surface area contributed by atoms with Crippen molar-refractivity contribution in [1.29, 1.82) is 0 Å². The molecule has 1 aliphatic rings. The van der Waals surface area contributed by atoms with Gasteiger partial charge in [0.15, 0.2) is 5.96 Å². The number of guanidine groups is 1. The van der Waals surface area contributed by atoms with Crippen LogP contribution in [0.15, 0.2) is 4.99 Å². The topological polar surface area (TPSA) is 57.5 Å². The van der Waals surface area contributed by atoms with Crippen molar-refractivity contribution in [1.82, 2.24) is 25.3 Å². The van der Waals surface area contributed by atoms with E-state index in [2.05, 4.69) is 48.3 Å². The van der Waals surface area contributed by atoms with E-state index in [-0.39, 0.29) is 0 Å². The van der Waals surface area contributed by atoms with Gasteiger partial charge in [-0.05, 0) is 45.6 Å². The summed E-state index contributed by atoms with van der Waals surface area (Å²) < 4.78 is 2.02. The van der Waals surface area contributed by atoms with Crippen molar-refractivity contribution in [2.24, 2.45) is 12.0 Å². The second-order valence-electron chi connectivity index (χ2n) is 7.16. The molecule has 2 N–H and O–H groups in total. The van der Waals surface area contributed by atoms with E-state index in [0.29, 0.717) is 12.6 Å². The number of nitrogens with one attached hydrogen (secondary N) is 2. The van der Waals surface area contributed by atoms with Crippen LogP contribution in [0.25, 0.3) is 0 Å². The van der Waals surface area contributed by atoms with Gasteiger partial charge in [0.2, 0.25) is 0 Å². The van der Waals surface area contributed by atoms with E-state index in [9.17, 15) is 0 Å². The summed E-state index contributed by atoms with van der Waals surface area (Å²) in [6.45, 7) is 13.9. The molecule has 0 aliphatic carbocycles. The summed E-state index contributed by atoms with van der Waals surface area (Å²) >= 11 is 0. The van der Waals surface area contributed by atoms with Crippen LogP contribution in [0.5, 0.6) is 0 Å². The van der Waals surface area contributed by atoms with Crippen LogP contribution in [-0.2, 0) is 26.4 Å². The van der Waals surface area contributed by atoms with Crippen molar-refractivity contribution < 1.29 is 0 Å². The Bertz CT molecular complexity index is 569. The minimum atomic E-state index is 0.520. The van der Waals surface area contributed by atoms with Gasteiger partial charge in [-0.15, -0.1) is 0 Å². The number of hydrogen-bond acceptors (Lipinski definition) is 3. The van der Waals surface area contributed by atoms with Gasteiger partial charge in [-0.3, -0.25) is 4.68 Å². The van der Waals surface area contributed by atoms with Crippen molar-refractivity contribution in [3.05, 3.63) is 17.0 Å². The van der Waals surface area contributed by atoms with E-state index in [0.717, 1.165) is 25.3 Å². The van der Waals surface area contributed by atoms with E-state index < -0.39 is 0 Å². The average molecular weight is 363 g/mol. The molecular weight excluding hydrogens is 324 g/mol. The Hall–Kier alpha value is -1.56. The van der Waals surface area contributed by atoms with Gasteiger partial charge in [0.05, 0.1) is 12.2 Å². The van der Waals surface area contributed by atoms with Gasteiger partial charge >= 0.3 is 0 Å². The first-order valence-corrected chi connectivity index (χ1v) is 10.4. The summed E-state index contributed by atoms with van der Waals surface area (Å²) in [7, 11) is 2.04. The third-order valence-electron chi connectivity index (χ3n) is 5.24. The molecule has 1 saturated heterocycles. The van der Waals surface area contributed by atoms with Gasteiger partial charge in [0.25, 0.3) is 0 Å². The molecule has 1 aliphatic heterocycles. The average Bonchev–Trinajstić information content (AvgIpc) is 2.96. The maximum absolute atomic E-state index is 4.89. The van der Waals surface area contributed by atoms with Crippen molar-refractivity contribution in [3.63, 3.8) is 0 Å². The lowest BCUT2D eigenvalue weighted by molar-refractivity contribution is 0.206. The highest BCUT2D eigenvalue weighted by Gasteiger charge is 2.19. The fourth-order valence-corrected chi connectivity index (χ4v) is 3.86. The molecule has 0 radical (unpaired) electrons. The van der Waals surface area contributed by atoms with Gasteiger partial charge in [-0.1, -0.05) is 20.8 Å². The Kier molecular flexibility index (Phi) is 8.42. The van der Waals surface area contributed by atoms with Gasteiger partial charge in [0.1, 0.15) is 0 Å². The Labute approximate surface area is 159 Å². The van der Waals surface area contributed by atoms with E-state index in [1.54, 1.807) is 0 Å². The molecule has 1 fully saturated rings. The second kappa shape index (κ2) is 10.6. The smallest absolute Gasteiger partial charge is 0.191 e. The zero-order chi connectivity index (χ0) is 18.9. The summed E-state index contributed by atoms with van der Waals surface area (Å²) in [6, 6.07) is 0.520. The van der Waals surface area contributed by atoms with Crippen LogP contribution in [0.2, 0.25) is 0 Å². The number of nitrogens with zero attached hydrogens (tertiary/aromatic N) is 4. The number of aromatic nitrogens is 2. The van der Waals surface area contributed by atoms with Crippen LogP contribution in [-0.4, -0.2) is 52.9 Å². The van der Waals surface area contributed by atoms with E-state index >= 15 is 0 Å². The van der Waals surface area contributed by atoms with Gasteiger partial charge in [-0.25, -0.2) is 4.99 Å². The van der Waals surface area contributed by atoms with E-state index in [4.69, 9.17) is 4.99 Å². The van der Waals surface area contributed by atoms with Crippen molar-refractivity contribution in [3.8, 4) is 0 Å². The van der Waals surface area contributed by atoms with Crippen molar-refractivity contribution in [2.75, 3.05) is 26.2 Å². The van der Waals surface area contributed by atoms with Crippen LogP contribution in [0.1, 0.15) is 63.9 Å². The van der Waals surface area contributed by atoms with E-state index in [1.165, 1.54) is 55.8 Å². The highest BCUT2D eigenvalue weighted by Crippen LogP contribution is 2.17. The Balaban J connectivity index is 2.01. The van der Waals surface area contributed by atoms with Crippen LogP contribution in [0.4, 0.5) is 0 Å². The molecule has 148 valence electrons. The highest BCUT2D eigenvalue weighted by atomic mass is 15.3. The molecule has 0 unspecified atom stereocenters. The first-order valence-electron chi connectivity index (χ1n) is 10.4. The molecular formula is C20H38N6. The molecule has 1 aromatic rings. The van der Waals surface area contributed by atoms with Gasteiger partial charge < -0.3 is 15.5 Å². The molecule has 0 atom stereocenters. The Morgan fingerprint density at radius 2 is 1.88 bits per heavy atom. The van der Waals surface area contributed by atoms with Crippen LogP contribution < -0.4 is 10.6 Å². The molecule has 0 spiro atoms. The number of aliphatic imine (C=N–C) groups is 1. The minimum absolute atomic E-state index is 0.520. The monoisotopic (exact) mass is 362 g/mol. The fourth-order valence-electron chi connectivity index (χ4n) is 3.86. The molecule has 6 heteroatoms. The molecule has 0 aromatic carbocycles. The molecule has 0 saturated carbocycles. The maximum Gasteiger partial charge on any atom is 0.191 e. The Morgan fingerprint density at radius 1 is 1.15 bits per heavy atom. The van der Waals surface area contributed by atoms with Crippen molar-refractivity contribution >= 4 is 5.96 Å². The predicted octanol–water partition coefficient (Wildman–Crippen LogP) is 2.47. The summed E-state index contributed by atoms with van der Waals surface area (Å²) in [5.41, 5.74) is 3.78. The lowest BCUT2D eigenvalue weighted by atomic mass is 10.1. The van der Waals surface area contributed by atoms with Gasteiger partial charge in [0, 0.05) is 44.0 Å². The molecule has 26 heavy (non-hydrogen) atoms. The fraction of sp³-hybridized carbons (Fsp3) is 0.800. The number of piperidine rings is 1.